The minimum atomic E-state index is -1.87. The lowest BCUT2D eigenvalue weighted by Gasteiger charge is -2.37. The third-order valence-corrected chi connectivity index (χ3v) is 22.9. The maximum Gasteiger partial charge on any atom is 0.248 e. The third-order valence-electron chi connectivity index (χ3n) is 22.9. The number of amides is 20. The molecule has 131 heavy (non-hydrogen) atoms. The van der Waals surface area contributed by atoms with Gasteiger partial charge in [-0.1, -0.05) is 80.5 Å². The smallest absolute Gasteiger partial charge is 0.248 e. The molecule has 734 valence electrons. The predicted octanol–water partition coefficient (Wildman–Crippen LogP) is -2.67. The fourth-order valence-electron chi connectivity index (χ4n) is 13.9. The monoisotopic (exact) mass is 1850 g/mol. The Bertz CT molecular complexity index is 4500. The van der Waals surface area contributed by atoms with Gasteiger partial charge in [-0.15, -0.1) is 0 Å². The van der Waals surface area contributed by atoms with Crippen molar-refractivity contribution in [3.8, 4) is 0 Å². The van der Waals surface area contributed by atoms with Crippen molar-refractivity contribution in [2.45, 2.75) is 342 Å². The SMILES string of the molecule is CCC(C)(NC(=O)C(C)NC(=O)C(CO)NC(=O)C(C)(C)NC(C)=O)C(=O)NC(C)(CC)C(=O)NC(CCC(N)=O)C(=O)NC(C)(CC)C(=O)NC(C(=O)NC(C)(C)C(=O)NCC(=O)NC(CC(C)C)C(=O)NC(C)(C)C(=O)N1CCCC1C(=O)NC(CC(C)C)C(=O)NC(C)(C)C(=O)NC(C)(C)C(=O)NC(CCC(N)=O)C(=O)NC(CO)Cc1c[nH]c2ccccc12)C(C)C. The van der Waals surface area contributed by atoms with Crippen molar-refractivity contribution in [1.82, 2.24) is 100 Å². The first-order chi connectivity index (χ1) is 60.4. The number of carbonyl (C=O) groups excluding carboxylic acids is 20. The Morgan fingerprint density at radius 1 is 0.450 bits per heavy atom. The van der Waals surface area contributed by atoms with Gasteiger partial charge < -0.3 is 122 Å². The lowest BCUT2D eigenvalue weighted by Crippen LogP contribution is -2.68. The number of aliphatic hydroxyl groups excluding tert-OH is 2. The van der Waals surface area contributed by atoms with Gasteiger partial charge in [-0.2, -0.15) is 0 Å². The maximum absolute atomic E-state index is 14.6. The molecular formula is C88H145N21O22. The Morgan fingerprint density at radius 2 is 0.893 bits per heavy atom. The van der Waals surface area contributed by atoms with E-state index in [9.17, 15) is 106 Å². The number of para-hydroxylation sites is 1. The number of benzene rings is 1. The largest absolute Gasteiger partial charge is 0.394 e. The summed E-state index contributed by atoms with van der Waals surface area (Å²) in [7, 11) is 0. The fraction of sp³-hybridized carbons (Fsp3) is 0.682. The normalized spacial score (nSPS) is 16.3. The maximum atomic E-state index is 14.6. The number of likely N-dealkylation sites (tertiary alicyclic amines) is 1. The molecule has 1 aliphatic rings. The second-order valence-electron chi connectivity index (χ2n) is 38.1. The van der Waals surface area contributed by atoms with Gasteiger partial charge in [-0.3, -0.25) is 95.9 Å². The highest BCUT2D eigenvalue weighted by molar-refractivity contribution is 6.04. The molecule has 24 N–H and O–H groups in total. The standard InChI is InChI=1S/C88H145N21O22/c1-25-86(22,106-68(119)56(35-37-62(90)114)98-77(128)87(23,26-2)108-79(130)88(24,27-3)105-65(116)49(10)93-67(118)59(45-111)99-74(125)82(14,15)101-50(11)112)78(129)100-64(48(8)9)72(123)104-81(12,13)73(124)92-43-63(115)95-57(39-46(4)5)69(120)103-85(20,21)80(131)109-38-30-33-60(109)71(122)96-58(40-47(6)7)70(121)102-84(18,19)76(127)107-83(16,17)75(126)97-55(34-36-61(89)113)66(117)94-52(44-110)41-51-42-91-54-32-29-28-31-53(51)54/h28-29,31-32,42,46-49,52,55-60,64,91,110-111H,25-27,30,33-41,43-45H2,1-24H3,(H2,89,113)(H2,90,114)(H,92,124)(H,93,118)(H,94,117)(H,95,115)(H,96,122)(H,97,126)(H,98,128)(H,99,125)(H,100,129)(H,101,112)(H,102,121)(H,103,120)(H,104,123)(H,105,116)(H,106,119)(H,107,127)(H,108,130). The van der Waals surface area contributed by atoms with Gasteiger partial charge in [-0.25, -0.2) is 0 Å². The summed E-state index contributed by atoms with van der Waals surface area (Å²) < 4.78 is 0. The molecule has 0 radical (unpaired) electrons. The molecule has 2 aromatic rings. The Morgan fingerprint density at radius 3 is 1.40 bits per heavy atom. The molecule has 1 fully saturated rings. The zero-order chi connectivity index (χ0) is 100. The average molecular weight is 1850 g/mol. The predicted molar refractivity (Wildman–Crippen MR) is 483 cm³/mol. The topological polar surface area (TPSA) is 657 Å². The molecule has 12 atom stereocenters. The van der Waals surface area contributed by atoms with Crippen LogP contribution in [0.15, 0.2) is 30.5 Å². The van der Waals surface area contributed by atoms with Gasteiger partial charge in [0, 0.05) is 43.4 Å². The summed E-state index contributed by atoms with van der Waals surface area (Å²) in [6.45, 7) is 32.8. The van der Waals surface area contributed by atoms with Crippen LogP contribution in [0.5, 0.6) is 0 Å². The molecule has 20 amide bonds. The second-order valence-corrected chi connectivity index (χ2v) is 38.1. The molecule has 0 bridgehead atoms. The Hall–Kier alpha value is -11.9. The molecule has 1 saturated heterocycles. The highest BCUT2D eigenvalue weighted by atomic mass is 16.3. The number of aliphatic hydroxyl groups is 2. The highest BCUT2D eigenvalue weighted by Gasteiger charge is 2.48. The number of hydrogen-bond acceptors (Lipinski definition) is 22. The highest BCUT2D eigenvalue weighted by Crippen LogP contribution is 2.26. The molecule has 12 unspecified atom stereocenters. The van der Waals surface area contributed by atoms with Crippen molar-refractivity contribution in [1.29, 1.82) is 0 Å². The number of nitrogens with zero attached hydrogens (tertiary/aromatic N) is 1. The van der Waals surface area contributed by atoms with E-state index in [4.69, 9.17) is 11.5 Å². The Balaban J connectivity index is 1.70. The summed E-state index contributed by atoms with van der Waals surface area (Å²) in [6.07, 6.45) is 0.726. The average Bonchev–Trinajstić information content (AvgIpc) is 1.79. The van der Waals surface area contributed by atoms with E-state index in [1.165, 1.54) is 123 Å². The van der Waals surface area contributed by atoms with Crippen LogP contribution in [0.4, 0.5) is 0 Å². The minimum absolute atomic E-state index is 0.0254. The van der Waals surface area contributed by atoms with E-state index in [2.05, 4.69) is 95.4 Å². The zero-order valence-electron chi connectivity index (χ0n) is 80.3. The lowest BCUT2D eigenvalue weighted by molar-refractivity contribution is -0.145. The number of nitrogens with two attached hydrogens (primary N) is 2. The van der Waals surface area contributed by atoms with Crippen LogP contribution in [-0.4, -0.2) is 263 Å². The van der Waals surface area contributed by atoms with Gasteiger partial charge in [0.2, 0.25) is 118 Å². The Labute approximate surface area is 765 Å². The molecule has 43 heteroatoms. The van der Waals surface area contributed by atoms with Crippen molar-refractivity contribution in [3.63, 3.8) is 0 Å². The van der Waals surface area contributed by atoms with Crippen LogP contribution >= 0.6 is 0 Å². The molecule has 3 rings (SSSR count). The van der Waals surface area contributed by atoms with Gasteiger partial charge in [0.05, 0.1) is 25.8 Å². The first-order valence-corrected chi connectivity index (χ1v) is 44.3. The van der Waals surface area contributed by atoms with Crippen molar-refractivity contribution in [2.24, 2.45) is 29.2 Å². The second kappa shape index (κ2) is 48.3. The summed E-state index contributed by atoms with van der Waals surface area (Å²) in [6, 6.07) is -4.43. The van der Waals surface area contributed by atoms with Crippen LogP contribution in [0.1, 0.15) is 242 Å². The minimum Gasteiger partial charge on any atom is -0.394 e. The van der Waals surface area contributed by atoms with E-state index >= 15 is 0 Å². The van der Waals surface area contributed by atoms with E-state index in [0.717, 1.165) is 16.5 Å². The van der Waals surface area contributed by atoms with E-state index in [1.807, 2.05) is 24.3 Å². The van der Waals surface area contributed by atoms with Gasteiger partial charge >= 0.3 is 0 Å². The lowest BCUT2D eigenvalue weighted by atomic mass is 9.91. The number of carbonyl (C=O) groups is 20. The summed E-state index contributed by atoms with van der Waals surface area (Å²) >= 11 is 0. The molecule has 1 aromatic heterocycles. The van der Waals surface area contributed by atoms with Crippen LogP contribution in [0.3, 0.4) is 0 Å². The summed E-state index contributed by atoms with van der Waals surface area (Å²) in [4.78, 5) is 279. The number of aromatic nitrogens is 1. The van der Waals surface area contributed by atoms with Crippen molar-refractivity contribution in [2.75, 3.05) is 26.3 Å². The zero-order valence-corrected chi connectivity index (χ0v) is 80.3. The number of hydrogen-bond donors (Lipinski definition) is 22. The molecular weight excluding hydrogens is 1700 g/mol. The summed E-state index contributed by atoms with van der Waals surface area (Å²) in [5.74, 6) is -18.0. The molecule has 1 aliphatic heterocycles. The first-order valence-electron chi connectivity index (χ1n) is 44.3. The number of fused-ring (bicyclic) bond motifs is 1. The van der Waals surface area contributed by atoms with E-state index in [0.29, 0.717) is 6.42 Å². The van der Waals surface area contributed by atoms with Gasteiger partial charge in [0.15, 0.2) is 0 Å². The van der Waals surface area contributed by atoms with Crippen molar-refractivity contribution in [3.05, 3.63) is 36.0 Å². The number of aromatic amines is 1. The summed E-state index contributed by atoms with van der Waals surface area (Å²) in [5, 5.41) is 64.9. The van der Waals surface area contributed by atoms with Gasteiger partial charge in [0.1, 0.15) is 92.6 Å². The number of rotatable bonds is 52. The molecule has 0 spiro atoms. The van der Waals surface area contributed by atoms with Crippen LogP contribution in [0.2, 0.25) is 0 Å². The molecule has 0 saturated carbocycles. The van der Waals surface area contributed by atoms with Crippen LogP contribution in [-0.2, 0) is 102 Å². The number of H-pyrrole nitrogens is 1. The van der Waals surface area contributed by atoms with Crippen LogP contribution < -0.4 is 102 Å². The quantitative estimate of drug-likeness (QED) is 0.0321. The molecule has 2 heterocycles. The first kappa shape index (κ1) is 113. The fourth-order valence-corrected chi connectivity index (χ4v) is 13.9. The molecule has 0 aliphatic carbocycles. The van der Waals surface area contributed by atoms with E-state index in [1.54, 1.807) is 54.7 Å². The molecule has 43 nitrogen and oxygen atoms in total. The van der Waals surface area contributed by atoms with Gasteiger partial charge in [-0.05, 0) is 191 Å². The van der Waals surface area contributed by atoms with Crippen molar-refractivity contribution >= 4 is 129 Å². The number of primary amides is 2. The Kier molecular flexibility index (Phi) is 41.7. The number of nitrogens with one attached hydrogen (secondary N) is 18. The van der Waals surface area contributed by atoms with Crippen LogP contribution in [0, 0.1) is 17.8 Å². The third kappa shape index (κ3) is 33.5. The van der Waals surface area contributed by atoms with Gasteiger partial charge in [0.25, 0.3) is 0 Å². The van der Waals surface area contributed by atoms with Crippen molar-refractivity contribution < 1.29 is 106 Å². The van der Waals surface area contributed by atoms with Crippen LogP contribution in [0.25, 0.3) is 10.9 Å². The van der Waals surface area contributed by atoms with E-state index < -0.39 is 255 Å². The van der Waals surface area contributed by atoms with E-state index in [-0.39, 0.29) is 76.2 Å². The molecule has 1 aromatic carbocycles. The summed E-state index contributed by atoms with van der Waals surface area (Å²) in [5.41, 5.74) is -1.52.